The fraction of sp³-hybridized carbons (Fsp3) is 0.400. The third-order valence-electron chi connectivity index (χ3n) is 3.64. The molecule has 1 aliphatic heterocycles. The van der Waals surface area contributed by atoms with Gasteiger partial charge in [-0.25, -0.2) is 0 Å². The van der Waals surface area contributed by atoms with E-state index in [1.54, 1.807) is 0 Å². The quantitative estimate of drug-likeness (QED) is 0.766. The molecule has 2 atom stereocenters. The zero-order chi connectivity index (χ0) is 13.4. The van der Waals surface area contributed by atoms with Gasteiger partial charge in [0.05, 0.1) is 5.52 Å². The maximum atomic E-state index is 5.92. The first kappa shape index (κ1) is 12.2. The van der Waals surface area contributed by atoms with E-state index >= 15 is 0 Å². The Bertz CT molecular complexity index is 586. The smallest absolute Gasteiger partial charge is 0.0724 e. The molecule has 2 unspecified atom stereocenters. The highest BCUT2D eigenvalue weighted by Crippen LogP contribution is 2.28. The molecule has 3 rings (SSSR count). The van der Waals surface area contributed by atoms with Crippen LogP contribution in [0.4, 0.5) is 11.4 Å². The molecule has 0 saturated carbocycles. The van der Waals surface area contributed by atoms with Gasteiger partial charge < -0.3 is 16.0 Å². The number of hydrogen-bond acceptors (Lipinski definition) is 4. The van der Waals surface area contributed by atoms with E-state index in [1.165, 1.54) is 5.69 Å². The molecular weight excluding hydrogens is 236 g/mol. The van der Waals surface area contributed by atoms with Crippen molar-refractivity contribution >= 4 is 22.3 Å². The normalized spacial score (nSPS) is 23.8. The number of nitrogens with zero attached hydrogens (tertiary/aromatic N) is 2. The van der Waals surface area contributed by atoms with Crippen molar-refractivity contribution in [2.45, 2.75) is 25.9 Å². The van der Waals surface area contributed by atoms with E-state index < -0.39 is 0 Å². The maximum absolute atomic E-state index is 5.92. The van der Waals surface area contributed by atoms with Crippen molar-refractivity contribution < 1.29 is 0 Å². The van der Waals surface area contributed by atoms with Gasteiger partial charge in [-0.15, -0.1) is 0 Å². The molecule has 1 aromatic heterocycles. The molecule has 4 nitrogen and oxygen atoms in total. The lowest BCUT2D eigenvalue weighted by Gasteiger charge is -2.38. The highest BCUT2D eigenvalue weighted by molar-refractivity contribution is 5.93. The molecule has 3 N–H and O–H groups in total. The lowest BCUT2D eigenvalue weighted by atomic mass is 10.1. The van der Waals surface area contributed by atoms with Crippen LogP contribution in [0.25, 0.3) is 10.9 Å². The van der Waals surface area contributed by atoms with E-state index in [2.05, 4.69) is 35.1 Å². The highest BCUT2D eigenvalue weighted by Gasteiger charge is 2.22. The number of nitrogens with two attached hydrogens (primary N) is 1. The Morgan fingerprint density at radius 2 is 1.95 bits per heavy atom. The lowest BCUT2D eigenvalue weighted by molar-refractivity contribution is 0.407. The SMILES string of the molecule is CC1CN(c2ccnc3ccc(N)cc23)CC(C)N1. The largest absolute Gasteiger partial charge is 0.399 e. The fourth-order valence-corrected chi connectivity index (χ4v) is 2.95. The van der Waals surface area contributed by atoms with Crippen molar-refractivity contribution in [2.24, 2.45) is 0 Å². The summed E-state index contributed by atoms with van der Waals surface area (Å²) in [6.07, 6.45) is 1.88. The van der Waals surface area contributed by atoms with Gasteiger partial charge in [0.15, 0.2) is 0 Å². The Morgan fingerprint density at radius 3 is 2.68 bits per heavy atom. The van der Waals surface area contributed by atoms with E-state index in [1.807, 2.05) is 24.4 Å². The first-order chi connectivity index (χ1) is 9.13. The summed E-state index contributed by atoms with van der Waals surface area (Å²) in [5.74, 6) is 0. The number of rotatable bonds is 1. The summed E-state index contributed by atoms with van der Waals surface area (Å²) < 4.78 is 0. The number of nitrogens with one attached hydrogen (secondary N) is 1. The molecule has 0 amide bonds. The minimum absolute atomic E-state index is 0.494. The highest BCUT2D eigenvalue weighted by atomic mass is 15.2. The van der Waals surface area contributed by atoms with Crippen molar-refractivity contribution in [1.29, 1.82) is 0 Å². The number of piperazine rings is 1. The van der Waals surface area contributed by atoms with Crippen LogP contribution in [0, 0.1) is 0 Å². The summed E-state index contributed by atoms with van der Waals surface area (Å²) in [7, 11) is 0. The third-order valence-corrected chi connectivity index (χ3v) is 3.64. The Balaban J connectivity index is 2.06. The molecule has 100 valence electrons. The maximum Gasteiger partial charge on any atom is 0.0724 e. The third kappa shape index (κ3) is 2.36. The number of anilines is 2. The average Bonchev–Trinajstić information content (AvgIpc) is 2.36. The molecule has 0 bridgehead atoms. The van der Waals surface area contributed by atoms with Crippen LogP contribution in [-0.4, -0.2) is 30.2 Å². The van der Waals surface area contributed by atoms with Crippen LogP contribution in [0.2, 0.25) is 0 Å². The minimum atomic E-state index is 0.494. The number of hydrogen-bond donors (Lipinski definition) is 2. The Morgan fingerprint density at radius 1 is 1.21 bits per heavy atom. The van der Waals surface area contributed by atoms with Crippen molar-refractivity contribution in [3.8, 4) is 0 Å². The number of fused-ring (bicyclic) bond motifs is 1. The van der Waals surface area contributed by atoms with Crippen LogP contribution in [0.1, 0.15) is 13.8 Å². The van der Waals surface area contributed by atoms with Gasteiger partial charge in [-0.3, -0.25) is 4.98 Å². The predicted octanol–water partition coefficient (Wildman–Crippen LogP) is 2.00. The zero-order valence-electron chi connectivity index (χ0n) is 11.4. The number of aromatic nitrogens is 1. The number of nitrogen functional groups attached to an aromatic ring is 1. The molecule has 2 aromatic rings. The monoisotopic (exact) mass is 256 g/mol. The van der Waals surface area contributed by atoms with Crippen LogP contribution in [0.5, 0.6) is 0 Å². The molecular formula is C15H20N4. The van der Waals surface area contributed by atoms with Gasteiger partial charge in [0, 0.05) is 48.1 Å². The molecule has 0 spiro atoms. The lowest BCUT2D eigenvalue weighted by Crippen LogP contribution is -2.54. The van der Waals surface area contributed by atoms with Gasteiger partial charge in [-0.1, -0.05) is 0 Å². The van der Waals surface area contributed by atoms with E-state index in [-0.39, 0.29) is 0 Å². The molecule has 1 aliphatic rings. The first-order valence-electron chi connectivity index (χ1n) is 6.79. The van der Waals surface area contributed by atoms with Crippen LogP contribution in [0.3, 0.4) is 0 Å². The zero-order valence-corrected chi connectivity index (χ0v) is 11.4. The molecule has 0 aliphatic carbocycles. The standard InChI is InChI=1S/C15H20N4/c1-10-8-19(9-11(2)18-10)15-5-6-17-14-4-3-12(16)7-13(14)15/h3-7,10-11,18H,8-9,16H2,1-2H3. The first-order valence-corrected chi connectivity index (χ1v) is 6.79. The van der Waals surface area contributed by atoms with Crippen LogP contribution in [-0.2, 0) is 0 Å². The van der Waals surface area contributed by atoms with Crippen LogP contribution < -0.4 is 16.0 Å². The number of benzene rings is 1. The molecule has 19 heavy (non-hydrogen) atoms. The van der Waals surface area contributed by atoms with Crippen molar-refractivity contribution in [2.75, 3.05) is 23.7 Å². The van der Waals surface area contributed by atoms with E-state index in [9.17, 15) is 0 Å². The average molecular weight is 256 g/mol. The summed E-state index contributed by atoms with van der Waals surface area (Å²) in [5.41, 5.74) is 8.95. The Kier molecular flexibility index (Phi) is 3.03. The van der Waals surface area contributed by atoms with Gasteiger partial charge in [-0.05, 0) is 38.1 Å². The topological polar surface area (TPSA) is 54.2 Å². The Hall–Kier alpha value is -1.81. The summed E-state index contributed by atoms with van der Waals surface area (Å²) in [6, 6.07) is 8.99. The van der Waals surface area contributed by atoms with Crippen LogP contribution >= 0.6 is 0 Å². The van der Waals surface area contributed by atoms with Gasteiger partial charge in [0.25, 0.3) is 0 Å². The second kappa shape index (κ2) is 4.70. The van der Waals surface area contributed by atoms with Gasteiger partial charge in [-0.2, -0.15) is 0 Å². The van der Waals surface area contributed by atoms with E-state index in [0.717, 1.165) is 29.7 Å². The van der Waals surface area contributed by atoms with Gasteiger partial charge in [0.2, 0.25) is 0 Å². The summed E-state index contributed by atoms with van der Waals surface area (Å²) >= 11 is 0. The van der Waals surface area contributed by atoms with E-state index in [4.69, 9.17) is 5.73 Å². The summed E-state index contributed by atoms with van der Waals surface area (Å²) in [5, 5.41) is 4.70. The Labute approximate surface area is 113 Å². The molecule has 0 radical (unpaired) electrons. The summed E-state index contributed by atoms with van der Waals surface area (Å²) in [4.78, 5) is 6.84. The molecule has 2 heterocycles. The minimum Gasteiger partial charge on any atom is -0.399 e. The molecule has 4 heteroatoms. The second-order valence-corrected chi connectivity index (χ2v) is 5.48. The van der Waals surface area contributed by atoms with Crippen molar-refractivity contribution in [3.63, 3.8) is 0 Å². The van der Waals surface area contributed by atoms with Gasteiger partial charge in [0.1, 0.15) is 0 Å². The molecule has 1 fully saturated rings. The van der Waals surface area contributed by atoms with E-state index in [0.29, 0.717) is 12.1 Å². The van der Waals surface area contributed by atoms with Crippen molar-refractivity contribution in [1.82, 2.24) is 10.3 Å². The molecule has 1 saturated heterocycles. The second-order valence-electron chi connectivity index (χ2n) is 5.48. The van der Waals surface area contributed by atoms with Crippen LogP contribution in [0.15, 0.2) is 30.5 Å². The fourth-order valence-electron chi connectivity index (χ4n) is 2.95. The summed E-state index contributed by atoms with van der Waals surface area (Å²) in [6.45, 7) is 6.47. The van der Waals surface area contributed by atoms with Gasteiger partial charge >= 0.3 is 0 Å². The van der Waals surface area contributed by atoms with Crippen molar-refractivity contribution in [3.05, 3.63) is 30.5 Å². The molecule has 1 aromatic carbocycles. The number of pyridine rings is 1. The predicted molar refractivity (Wildman–Crippen MR) is 80.4 cm³/mol.